The summed E-state index contributed by atoms with van der Waals surface area (Å²) in [5, 5.41) is 12.4. The standard InChI is InChI=1S/C16H23ClFNO3/c1-21-16(7-2-3-9-20,14-11-19-8-10-22-14)12-5-4-6-13(17)15(12)18/h4-6,14,19-20H,2-3,7-11H2,1H3/t14-,16-/m1/s1. The van der Waals surface area contributed by atoms with Crippen molar-refractivity contribution in [1.82, 2.24) is 5.32 Å². The lowest BCUT2D eigenvalue weighted by Crippen LogP contribution is -2.52. The Hall–Kier alpha value is -0.720. The minimum Gasteiger partial charge on any atom is -0.396 e. The fourth-order valence-corrected chi connectivity index (χ4v) is 3.18. The summed E-state index contributed by atoms with van der Waals surface area (Å²) in [7, 11) is 1.57. The molecule has 0 aliphatic carbocycles. The number of rotatable bonds is 7. The van der Waals surface area contributed by atoms with Gasteiger partial charge in [-0.15, -0.1) is 0 Å². The zero-order chi connectivity index (χ0) is 16.0. The van der Waals surface area contributed by atoms with Gasteiger partial charge >= 0.3 is 0 Å². The molecule has 0 spiro atoms. The van der Waals surface area contributed by atoms with Gasteiger partial charge in [-0.1, -0.05) is 23.7 Å². The summed E-state index contributed by atoms with van der Waals surface area (Å²) in [4.78, 5) is 0. The van der Waals surface area contributed by atoms with Crippen molar-refractivity contribution < 1.29 is 19.0 Å². The number of hydrogen-bond acceptors (Lipinski definition) is 4. The van der Waals surface area contributed by atoms with Crippen LogP contribution in [-0.2, 0) is 15.1 Å². The van der Waals surface area contributed by atoms with Gasteiger partial charge in [-0.3, -0.25) is 0 Å². The Bertz CT molecular complexity index is 482. The first-order valence-electron chi connectivity index (χ1n) is 7.58. The molecule has 0 saturated carbocycles. The second-order valence-electron chi connectivity index (χ2n) is 5.44. The van der Waals surface area contributed by atoms with Crippen LogP contribution in [0.4, 0.5) is 4.39 Å². The van der Waals surface area contributed by atoms with E-state index in [9.17, 15) is 4.39 Å². The predicted octanol–water partition coefficient (Wildman–Crippen LogP) is 2.47. The van der Waals surface area contributed by atoms with Crippen LogP contribution < -0.4 is 5.32 Å². The van der Waals surface area contributed by atoms with Gasteiger partial charge in [0.2, 0.25) is 0 Å². The van der Waals surface area contributed by atoms with E-state index in [1.165, 1.54) is 6.07 Å². The van der Waals surface area contributed by atoms with Crippen LogP contribution in [0.2, 0.25) is 5.02 Å². The van der Waals surface area contributed by atoms with Crippen LogP contribution in [0.3, 0.4) is 0 Å². The summed E-state index contributed by atoms with van der Waals surface area (Å²) in [6, 6.07) is 4.94. The number of ether oxygens (including phenoxy) is 2. The molecule has 1 aromatic rings. The maximum Gasteiger partial charge on any atom is 0.147 e. The summed E-state index contributed by atoms with van der Waals surface area (Å²) in [5.41, 5.74) is -0.508. The van der Waals surface area contributed by atoms with E-state index >= 15 is 0 Å². The molecule has 2 atom stereocenters. The van der Waals surface area contributed by atoms with Crippen LogP contribution >= 0.6 is 11.6 Å². The quantitative estimate of drug-likeness (QED) is 0.754. The Kier molecular flexibility index (Phi) is 6.59. The van der Waals surface area contributed by atoms with Crippen LogP contribution in [-0.4, -0.2) is 44.6 Å². The van der Waals surface area contributed by atoms with Crippen LogP contribution in [0.25, 0.3) is 0 Å². The van der Waals surface area contributed by atoms with Crippen molar-refractivity contribution in [3.8, 4) is 0 Å². The van der Waals surface area contributed by atoms with E-state index in [1.54, 1.807) is 19.2 Å². The van der Waals surface area contributed by atoms with Gasteiger partial charge in [0, 0.05) is 32.4 Å². The Balaban J connectivity index is 2.39. The predicted molar refractivity (Wildman–Crippen MR) is 83.6 cm³/mol. The molecule has 0 bridgehead atoms. The van der Waals surface area contributed by atoms with Crippen molar-refractivity contribution in [1.29, 1.82) is 0 Å². The topological polar surface area (TPSA) is 50.7 Å². The van der Waals surface area contributed by atoms with Gasteiger partial charge in [0.1, 0.15) is 17.5 Å². The normalized spacial score (nSPS) is 21.5. The van der Waals surface area contributed by atoms with E-state index < -0.39 is 11.4 Å². The molecule has 0 radical (unpaired) electrons. The highest BCUT2D eigenvalue weighted by atomic mass is 35.5. The molecule has 22 heavy (non-hydrogen) atoms. The molecule has 124 valence electrons. The van der Waals surface area contributed by atoms with Gasteiger partial charge < -0.3 is 19.9 Å². The molecule has 4 nitrogen and oxygen atoms in total. The van der Waals surface area contributed by atoms with Crippen LogP contribution in [0.5, 0.6) is 0 Å². The first-order valence-corrected chi connectivity index (χ1v) is 7.96. The minimum absolute atomic E-state index is 0.0739. The number of unbranched alkanes of at least 4 members (excludes halogenated alkanes) is 1. The number of aliphatic hydroxyl groups excluding tert-OH is 1. The second-order valence-corrected chi connectivity index (χ2v) is 5.85. The summed E-state index contributed by atoms with van der Waals surface area (Å²) < 4.78 is 26.3. The molecule has 1 aliphatic rings. The lowest BCUT2D eigenvalue weighted by Gasteiger charge is -2.42. The average Bonchev–Trinajstić information content (AvgIpc) is 2.56. The van der Waals surface area contributed by atoms with Crippen molar-refractivity contribution in [2.24, 2.45) is 0 Å². The Morgan fingerprint density at radius 1 is 1.50 bits per heavy atom. The summed E-state index contributed by atoms with van der Waals surface area (Å²) in [6.07, 6.45) is 1.58. The smallest absolute Gasteiger partial charge is 0.147 e. The van der Waals surface area contributed by atoms with Crippen LogP contribution in [0.1, 0.15) is 24.8 Å². The van der Waals surface area contributed by atoms with Crippen LogP contribution in [0.15, 0.2) is 18.2 Å². The highest BCUT2D eigenvalue weighted by Crippen LogP contribution is 2.39. The maximum absolute atomic E-state index is 14.6. The minimum atomic E-state index is -0.919. The Morgan fingerprint density at radius 2 is 2.32 bits per heavy atom. The third kappa shape index (κ3) is 3.60. The molecular weight excluding hydrogens is 309 g/mol. The highest BCUT2D eigenvalue weighted by Gasteiger charge is 2.44. The zero-order valence-electron chi connectivity index (χ0n) is 12.8. The van der Waals surface area contributed by atoms with Gasteiger partial charge in [-0.25, -0.2) is 4.39 Å². The fraction of sp³-hybridized carbons (Fsp3) is 0.625. The molecule has 1 heterocycles. The lowest BCUT2D eigenvalue weighted by atomic mass is 9.82. The van der Waals surface area contributed by atoms with Gasteiger partial charge in [0.25, 0.3) is 0 Å². The molecule has 2 rings (SSSR count). The van der Waals surface area contributed by atoms with Crippen molar-refractivity contribution in [3.05, 3.63) is 34.6 Å². The molecule has 1 fully saturated rings. The first kappa shape index (κ1) is 17.6. The number of hydrogen-bond donors (Lipinski definition) is 2. The molecule has 1 aliphatic heterocycles. The molecule has 1 aromatic carbocycles. The van der Waals surface area contributed by atoms with Crippen molar-refractivity contribution >= 4 is 11.6 Å². The molecule has 2 N–H and O–H groups in total. The Morgan fingerprint density at radius 3 is 2.95 bits per heavy atom. The SMILES string of the molecule is CO[C@](CCCCO)(c1cccc(Cl)c1F)[C@H]1CNCCO1. The molecule has 0 unspecified atom stereocenters. The Labute approximate surface area is 135 Å². The van der Waals surface area contributed by atoms with Crippen molar-refractivity contribution in [3.63, 3.8) is 0 Å². The zero-order valence-corrected chi connectivity index (χ0v) is 13.5. The number of methoxy groups -OCH3 is 1. The largest absolute Gasteiger partial charge is 0.396 e. The van der Waals surface area contributed by atoms with E-state index in [-0.39, 0.29) is 17.7 Å². The summed E-state index contributed by atoms with van der Waals surface area (Å²) in [6.45, 7) is 2.00. The van der Waals surface area contributed by atoms with E-state index in [2.05, 4.69) is 5.32 Å². The molecule has 0 amide bonds. The van der Waals surface area contributed by atoms with Gasteiger partial charge in [-0.2, -0.15) is 0 Å². The third-order valence-electron chi connectivity index (χ3n) is 4.18. The number of nitrogens with one attached hydrogen (secondary N) is 1. The lowest BCUT2D eigenvalue weighted by molar-refractivity contribution is -0.150. The van der Waals surface area contributed by atoms with Crippen molar-refractivity contribution in [2.75, 3.05) is 33.4 Å². The van der Waals surface area contributed by atoms with E-state index in [4.69, 9.17) is 26.2 Å². The fourth-order valence-electron chi connectivity index (χ4n) is 3.01. The van der Waals surface area contributed by atoms with Gasteiger partial charge in [-0.05, 0) is 25.3 Å². The van der Waals surface area contributed by atoms with Gasteiger partial charge in [0.05, 0.1) is 11.6 Å². The molecule has 1 saturated heterocycles. The number of morpholine rings is 1. The summed E-state index contributed by atoms with van der Waals surface area (Å²) in [5.74, 6) is -0.468. The molecule has 6 heteroatoms. The van der Waals surface area contributed by atoms with E-state index in [1.807, 2.05) is 0 Å². The van der Waals surface area contributed by atoms with Crippen LogP contribution in [0, 0.1) is 5.82 Å². The number of benzene rings is 1. The highest BCUT2D eigenvalue weighted by molar-refractivity contribution is 6.30. The van der Waals surface area contributed by atoms with Gasteiger partial charge in [0.15, 0.2) is 0 Å². The number of aliphatic hydroxyl groups is 1. The maximum atomic E-state index is 14.6. The summed E-state index contributed by atoms with van der Waals surface area (Å²) >= 11 is 5.95. The first-order chi connectivity index (χ1) is 10.7. The number of halogens is 2. The van der Waals surface area contributed by atoms with E-state index in [0.29, 0.717) is 38.0 Å². The molecule has 0 aromatic heterocycles. The average molecular weight is 332 g/mol. The third-order valence-corrected chi connectivity index (χ3v) is 4.47. The van der Waals surface area contributed by atoms with E-state index in [0.717, 1.165) is 6.54 Å². The second kappa shape index (κ2) is 8.22. The molecular formula is C16H23ClFNO3. The van der Waals surface area contributed by atoms with Crippen molar-refractivity contribution in [2.45, 2.75) is 31.0 Å². The monoisotopic (exact) mass is 331 g/mol.